The monoisotopic (exact) mass is 355 g/mol. The van der Waals surface area contributed by atoms with Gasteiger partial charge in [-0.3, -0.25) is 9.36 Å². The van der Waals surface area contributed by atoms with Crippen LogP contribution in [-0.4, -0.2) is 58.4 Å². The van der Waals surface area contributed by atoms with Crippen molar-refractivity contribution in [2.24, 2.45) is 0 Å². The van der Waals surface area contributed by atoms with Gasteiger partial charge in [-0.1, -0.05) is 18.2 Å². The van der Waals surface area contributed by atoms with Crippen molar-refractivity contribution in [2.45, 2.75) is 38.3 Å². The summed E-state index contributed by atoms with van der Waals surface area (Å²) in [7, 11) is 1.95. The van der Waals surface area contributed by atoms with Crippen LogP contribution in [0.15, 0.2) is 30.3 Å². The third-order valence-electron chi connectivity index (χ3n) is 5.17. The summed E-state index contributed by atoms with van der Waals surface area (Å²) in [6, 6.07) is 10.0. The van der Waals surface area contributed by atoms with Gasteiger partial charge in [-0.15, -0.1) is 10.2 Å². The van der Waals surface area contributed by atoms with E-state index in [1.54, 1.807) is 0 Å². The highest BCUT2D eigenvalue weighted by Crippen LogP contribution is 2.25. The second kappa shape index (κ2) is 7.45. The summed E-state index contributed by atoms with van der Waals surface area (Å²) in [4.78, 5) is 16.8. The van der Waals surface area contributed by atoms with Crippen LogP contribution in [0.3, 0.4) is 0 Å². The van der Waals surface area contributed by atoms with Gasteiger partial charge in [0.1, 0.15) is 0 Å². The maximum atomic E-state index is 13.0. The molecule has 1 aromatic carbocycles. The molecule has 0 aliphatic carbocycles. The van der Waals surface area contributed by atoms with Gasteiger partial charge in [0.15, 0.2) is 0 Å². The zero-order valence-corrected chi connectivity index (χ0v) is 15.2. The maximum absolute atomic E-state index is 13.0. The zero-order chi connectivity index (χ0) is 17.9. The van der Waals surface area contributed by atoms with Gasteiger partial charge in [-0.05, 0) is 37.8 Å². The Bertz CT molecular complexity index is 749. The largest absolute Gasteiger partial charge is 0.376 e. The molecule has 4 rings (SSSR count). The van der Waals surface area contributed by atoms with Crippen molar-refractivity contribution in [3.63, 3.8) is 0 Å². The number of para-hydroxylation sites is 1. The first kappa shape index (κ1) is 17.0. The molecule has 0 bridgehead atoms. The molecule has 26 heavy (non-hydrogen) atoms. The van der Waals surface area contributed by atoms with Gasteiger partial charge in [0.05, 0.1) is 12.6 Å². The molecular formula is C19H25N5O2. The molecule has 3 heterocycles. The van der Waals surface area contributed by atoms with Gasteiger partial charge < -0.3 is 14.5 Å². The Labute approximate surface area is 153 Å². The summed E-state index contributed by atoms with van der Waals surface area (Å²) in [5.74, 6) is 1.06. The molecule has 1 aromatic heterocycles. The van der Waals surface area contributed by atoms with Crippen LogP contribution in [0.1, 0.15) is 36.3 Å². The third-order valence-corrected chi connectivity index (χ3v) is 5.17. The number of rotatable bonds is 5. The first-order valence-corrected chi connectivity index (χ1v) is 9.37. The van der Waals surface area contributed by atoms with Crippen molar-refractivity contribution in [1.82, 2.24) is 19.7 Å². The van der Waals surface area contributed by atoms with Gasteiger partial charge in [0.25, 0.3) is 5.91 Å². The highest BCUT2D eigenvalue weighted by atomic mass is 16.5. The van der Waals surface area contributed by atoms with Crippen LogP contribution in [0.5, 0.6) is 0 Å². The molecular weight excluding hydrogens is 330 g/mol. The molecule has 2 aliphatic rings. The van der Waals surface area contributed by atoms with Gasteiger partial charge in [0, 0.05) is 32.4 Å². The smallest absolute Gasteiger partial charge is 0.291 e. The number of carbonyl (C=O) groups excluding carboxylic acids is 1. The van der Waals surface area contributed by atoms with E-state index in [0.717, 1.165) is 51.1 Å². The van der Waals surface area contributed by atoms with Crippen LogP contribution >= 0.6 is 0 Å². The fraction of sp³-hybridized carbons (Fsp3) is 0.526. The number of amides is 1. The van der Waals surface area contributed by atoms with Crippen LogP contribution in [-0.2, 0) is 11.3 Å². The predicted molar refractivity (Wildman–Crippen MR) is 98.6 cm³/mol. The zero-order valence-electron chi connectivity index (χ0n) is 15.2. The summed E-state index contributed by atoms with van der Waals surface area (Å²) >= 11 is 0. The average molecular weight is 355 g/mol. The van der Waals surface area contributed by atoms with Crippen LogP contribution < -0.4 is 4.90 Å². The Morgan fingerprint density at radius 1 is 1.19 bits per heavy atom. The van der Waals surface area contributed by atoms with Crippen LogP contribution in [0.4, 0.5) is 11.6 Å². The van der Waals surface area contributed by atoms with E-state index in [4.69, 9.17) is 4.74 Å². The number of likely N-dealkylation sites (tertiary alicyclic amines) is 1. The SMILES string of the molecule is CN(c1ccccc1)c1nnc(C(=O)N2CCCC2)n1CC1CCCO1. The molecule has 2 aliphatic heterocycles. The summed E-state index contributed by atoms with van der Waals surface area (Å²) in [6.45, 7) is 2.99. The third kappa shape index (κ3) is 3.31. The number of carbonyl (C=O) groups is 1. The highest BCUT2D eigenvalue weighted by Gasteiger charge is 2.29. The molecule has 0 radical (unpaired) electrons. The second-order valence-corrected chi connectivity index (χ2v) is 6.96. The molecule has 2 saturated heterocycles. The molecule has 1 unspecified atom stereocenters. The number of hydrogen-bond acceptors (Lipinski definition) is 5. The lowest BCUT2D eigenvalue weighted by Gasteiger charge is -2.22. The van der Waals surface area contributed by atoms with E-state index in [2.05, 4.69) is 10.2 Å². The van der Waals surface area contributed by atoms with E-state index in [0.29, 0.717) is 18.3 Å². The average Bonchev–Trinajstić information content (AvgIpc) is 3.44. The number of hydrogen-bond donors (Lipinski definition) is 0. The molecule has 7 nitrogen and oxygen atoms in total. The number of benzene rings is 1. The highest BCUT2D eigenvalue weighted by molar-refractivity contribution is 5.91. The van der Waals surface area contributed by atoms with E-state index in [1.807, 2.05) is 51.7 Å². The molecule has 2 fully saturated rings. The fourth-order valence-corrected chi connectivity index (χ4v) is 3.69. The molecule has 0 spiro atoms. The Morgan fingerprint density at radius 3 is 2.65 bits per heavy atom. The number of ether oxygens (including phenoxy) is 1. The van der Waals surface area contributed by atoms with E-state index in [1.165, 1.54) is 0 Å². The molecule has 2 aromatic rings. The minimum Gasteiger partial charge on any atom is -0.376 e. The number of nitrogens with zero attached hydrogens (tertiary/aromatic N) is 5. The normalized spacial score (nSPS) is 19.9. The Kier molecular flexibility index (Phi) is 4.88. The summed E-state index contributed by atoms with van der Waals surface area (Å²) in [5.41, 5.74) is 1.01. The molecule has 1 amide bonds. The van der Waals surface area contributed by atoms with Crippen LogP contribution in [0, 0.1) is 0 Å². The standard InChI is InChI=1S/C19H25N5O2/c1-22(15-8-3-2-4-9-15)19-21-20-17(18(25)23-11-5-6-12-23)24(19)14-16-10-7-13-26-16/h2-4,8-9,16H,5-7,10-14H2,1H3. The lowest BCUT2D eigenvalue weighted by molar-refractivity contribution is 0.0756. The Morgan fingerprint density at radius 2 is 1.96 bits per heavy atom. The fourth-order valence-electron chi connectivity index (χ4n) is 3.69. The lowest BCUT2D eigenvalue weighted by Crippen LogP contribution is -2.32. The summed E-state index contributed by atoms with van der Waals surface area (Å²) in [6.07, 6.45) is 4.29. The van der Waals surface area contributed by atoms with Crippen LogP contribution in [0.25, 0.3) is 0 Å². The van der Waals surface area contributed by atoms with E-state index >= 15 is 0 Å². The Hall–Kier alpha value is -2.41. The topological polar surface area (TPSA) is 63.5 Å². The van der Waals surface area contributed by atoms with Crippen molar-refractivity contribution in [3.8, 4) is 0 Å². The van der Waals surface area contributed by atoms with Crippen molar-refractivity contribution in [2.75, 3.05) is 31.6 Å². The lowest BCUT2D eigenvalue weighted by atomic mass is 10.2. The van der Waals surface area contributed by atoms with E-state index < -0.39 is 0 Å². The van der Waals surface area contributed by atoms with Gasteiger partial charge in [0.2, 0.25) is 11.8 Å². The summed E-state index contributed by atoms with van der Waals surface area (Å²) in [5, 5.41) is 8.64. The number of aromatic nitrogens is 3. The molecule has 0 N–H and O–H groups in total. The first-order valence-electron chi connectivity index (χ1n) is 9.37. The van der Waals surface area contributed by atoms with Crippen molar-refractivity contribution < 1.29 is 9.53 Å². The van der Waals surface area contributed by atoms with Gasteiger partial charge in [-0.25, -0.2) is 0 Å². The van der Waals surface area contributed by atoms with Gasteiger partial charge >= 0.3 is 0 Å². The summed E-state index contributed by atoms with van der Waals surface area (Å²) < 4.78 is 7.74. The molecule has 0 saturated carbocycles. The Balaban J connectivity index is 1.67. The quantitative estimate of drug-likeness (QED) is 0.824. The predicted octanol–water partition coefficient (Wildman–Crippen LogP) is 2.46. The van der Waals surface area contributed by atoms with E-state index in [-0.39, 0.29) is 12.0 Å². The van der Waals surface area contributed by atoms with Crippen molar-refractivity contribution in [3.05, 3.63) is 36.2 Å². The molecule has 7 heteroatoms. The second-order valence-electron chi connectivity index (χ2n) is 6.96. The minimum atomic E-state index is -0.0271. The first-order chi connectivity index (χ1) is 12.7. The van der Waals surface area contributed by atoms with Crippen molar-refractivity contribution in [1.29, 1.82) is 0 Å². The van der Waals surface area contributed by atoms with Gasteiger partial charge in [-0.2, -0.15) is 0 Å². The molecule has 1 atom stereocenters. The minimum absolute atomic E-state index is 0.0271. The van der Waals surface area contributed by atoms with Crippen molar-refractivity contribution >= 4 is 17.5 Å². The number of anilines is 2. The molecule has 138 valence electrons. The maximum Gasteiger partial charge on any atom is 0.291 e. The van der Waals surface area contributed by atoms with E-state index in [9.17, 15) is 4.79 Å². The van der Waals surface area contributed by atoms with Crippen LogP contribution in [0.2, 0.25) is 0 Å².